The van der Waals surface area contributed by atoms with E-state index in [-0.39, 0.29) is 0 Å². The fourth-order valence-electron chi connectivity index (χ4n) is 2.34. The van der Waals surface area contributed by atoms with E-state index < -0.39 is 17.9 Å². The molecule has 3 rings (SSSR count). The topological polar surface area (TPSA) is 82.2 Å². The van der Waals surface area contributed by atoms with Gasteiger partial charge < -0.3 is 15.4 Å². The molecule has 3 N–H and O–H groups in total. The van der Waals surface area contributed by atoms with E-state index in [1.54, 1.807) is 54.7 Å². The molecule has 1 amide bonds. The van der Waals surface area contributed by atoms with Gasteiger partial charge in [-0.3, -0.25) is 4.79 Å². The van der Waals surface area contributed by atoms with Crippen molar-refractivity contribution in [2.75, 3.05) is 0 Å². The van der Waals surface area contributed by atoms with Gasteiger partial charge in [0.2, 0.25) is 0 Å². The van der Waals surface area contributed by atoms with Crippen LogP contribution in [0.4, 0.5) is 0 Å². The summed E-state index contributed by atoms with van der Waals surface area (Å²) in [6.45, 7) is 0. The van der Waals surface area contributed by atoms with Gasteiger partial charge in [-0.2, -0.15) is 0 Å². The maximum atomic E-state index is 12.3. The molecule has 0 aliphatic heterocycles. The third-order valence-corrected chi connectivity index (χ3v) is 3.47. The summed E-state index contributed by atoms with van der Waals surface area (Å²) in [6.07, 6.45) is 1.79. The lowest BCUT2D eigenvalue weighted by molar-refractivity contribution is -0.139. The number of carbonyl (C=O) groups excluding carboxylic acids is 1. The quantitative estimate of drug-likeness (QED) is 0.692. The molecule has 5 nitrogen and oxygen atoms in total. The predicted octanol–water partition coefficient (Wildman–Crippen LogP) is 2.72. The van der Waals surface area contributed by atoms with E-state index in [2.05, 4.69) is 10.3 Å². The lowest BCUT2D eigenvalue weighted by Gasteiger charge is -2.15. The highest BCUT2D eigenvalue weighted by molar-refractivity contribution is 5.99. The number of aliphatic carboxylic acids is 1. The molecule has 1 unspecified atom stereocenters. The number of hydrogen-bond acceptors (Lipinski definition) is 2. The van der Waals surface area contributed by atoms with Gasteiger partial charge in [0.15, 0.2) is 6.04 Å². The molecule has 3 aromatic rings. The predicted molar refractivity (Wildman–Crippen MR) is 82.6 cm³/mol. The van der Waals surface area contributed by atoms with Crippen LogP contribution in [0, 0.1) is 0 Å². The second-order valence-electron chi connectivity index (χ2n) is 4.94. The molecule has 110 valence electrons. The minimum Gasteiger partial charge on any atom is -0.479 e. The second kappa shape index (κ2) is 5.73. The maximum Gasteiger partial charge on any atom is 0.330 e. The van der Waals surface area contributed by atoms with E-state index in [4.69, 9.17) is 0 Å². The molecule has 0 aliphatic carbocycles. The Bertz CT molecular complexity index is 824. The van der Waals surface area contributed by atoms with Crippen molar-refractivity contribution in [2.24, 2.45) is 0 Å². The molecule has 1 aromatic heterocycles. The van der Waals surface area contributed by atoms with Crippen LogP contribution >= 0.6 is 0 Å². The van der Waals surface area contributed by atoms with E-state index in [9.17, 15) is 14.7 Å². The number of fused-ring (bicyclic) bond motifs is 1. The zero-order valence-corrected chi connectivity index (χ0v) is 11.6. The highest BCUT2D eigenvalue weighted by Crippen LogP contribution is 2.17. The van der Waals surface area contributed by atoms with Gasteiger partial charge >= 0.3 is 5.97 Å². The lowest BCUT2D eigenvalue weighted by Crippen LogP contribution is -2.33. The van der Waals surface area contributed by atoms with Gasteiger partial charge in [-0.05, 0) is 29.8 Å². The van der Waals surface area contributed by atoms with Crippen molar-refractivity contribution >= 4 is 22.8 Å². The zero-order chi connectivity index (χ0) is 15.5. The fourth-order valence-corrected chi connectivity index (χ4v) is 2.34. The van der Waals surface area contributed by atoms with Crippen LogP contribution in [-0.4, -0.2) is 22.0 Å². The number of hydrogen-bond donors (Lipinski definition) is 3. The largest absolute Gasteiger partial charge is 0.479 e. The maximum absolute atomic E-state index is 12.3. The highest BCUT2D eigenvalue weighted by atomic mass is 16.4. The number of nitrogens with one attached hydrogen (secondary N) is 2. The summed E-state index contributed by atoms with van der Waals surface area (Å²) < 4.78 is 0. The van der Waals surface area contributed by atoms with Crippen molar-refractivity contribution in [1.82, 2.24) is 10.3 Å². The minimum atomic E-state index is -1.10. The molecule has 0 saturated heterocycles. The van der Waals surface area contributed by atoms with Gasteiger partial charge in [0.05, 0.1) is 0 Å². The van der Waals surface area contributed by atoms with Crippen LogP contribution in [0.3, 0.4) is 0 Å². The van der Waals surface area contributed by atoms with Gasteiger partial charge in [0.25, 0.3) is 5.91 Å². The van der Waals surface area contributed by atoms with E-state index >= 15 is 0 Å². The Kier molecular flexibility index (Phi) is 3.62. The summed E-state index contributed by atoms with van der Waals surface area (Å²) >= 11 is 0. The van der Waals surface area contributed by atoms with Gasteiger partial charge in [0, 0.05) is 22.7 Å². The normalized spacial score (nSPS) is 12.0. The number of rotatable bonds is 4. The first-order valence-corrected chi connectivity index (χ1v) is 6.81. The molecule has 22 heavy (non-hydrogen) atoms. The molecule has 0 fully saturated rings. The number of H-pyrrole nitrogens is 1. The fraction of sp³-hybridized carbons (Fsp3) is 0.0588. The van der Waals surface area contributed by atoms with Crippen LogP contribution in [0.5, 0.6) is 0 Å². The Balaban J connectivity index is 1.86. The molecule has 1 heterocycles. The first-order valence-electron chi connectivity index (χ1n) is 6.81. The second-order valence-corrected chi connectivity index (χ2v) is 4.94. The molecule has 2 aromatic carbocycles. The van der Waals surface area contributed by atoms with Crippen LogP contribution in [0.15, 0.2) is 60.8 Å². The molecule has 5 heteroatoms. The van der Waals surface area contributed by atoms with Crippen LogP contribution < -0.4 is 5.32 Å². The lowest BCUT2D eigenvalue weighted by atomic mass is 10.1. The Hall–Kier alpha value is -3.08. The first-order chi connectivity index (χ1) is 10.6. The number of benzene rings is 2. The van der Waals surface area contributed by atoms with Gasteiger partial charge in [-0.25, -0.2) is 4.79 Å². The average molecular weight is 294 g/mol. The van der Waals surface area contributed by atoms with E-state index in [1.807, 2.05) is 6.07 Å². The number of aromatic amines is 1. The minimum absolute atomic E-state index is 0.417. The molecule has 0 bridgehead atoms. The summed E-state index contributed by atoms with van der Waals surface area (Å²) in [4.78, 5) is 26.8. The van der Waals surface area contributed by atoms with Crippen molar-refractivity contribution in [2.45, 2.75) is 6.04 Å². The van der Waals surface area contributed by atoms with Crippen LogP contribution in [0.1, 0.15) is 22.0 Å². The highest BCUT2D eigenvalue weighted by Gasteiger charge is 2.22. The number of amides is 1. The molecule has 0 radical (unpaired) electrons. The number of aromatic nitrogens is 1. The summed E-state index contributed by atoms with van der Waals surface area (Å²) in [5.74, 6) is -1.51. The average Bonchev–Trinajstić information content (AvgIpc) is 3.00. The summed E-state index contributed by atoms with van der Waals surface area (Å²) in [7, 11) is 0. The van der Waals surface area contributed by atoms with Crippen molar-refractivity contribution in [3.63, 3.8) is 0 Å². The third kappa shape index (κ3) is 2.69. The SMILES string of the molecule is O=C(NC(C(=O)O)c1ccccc1)c1ccc2[nH]ccc2c1. The number of carbonyl (C=O) groups is 2. The van der Waals surface area contributed by atoms with Crippen molar-refractivity contribution in [3.05, 3.63) is 71.9 Å². The van der Waals surface area contributed by atoms with Gasteiger partial charge in [-0.15, -0.1) is 0 Å². The smallest absolute Gasteiger partial charge is 0.330 e. The van der Waals surface area contributed by atoms with E-state index in [0.29, 0.717) is 11.1 Å². The first kappa shape index (κ1) is 13.9. The number of carboxylic acids is 1. The summed E-state index contributed by atoms with van der Waals surface area (Å²) in [6, 6.07) is 14.6. The summed E-state index contributed by atoms with van der Waals surface area (Å²) in [5.41, 5.74) is 1.88. The molecule has 0 spiro atoms. The Labute approximate surface area is 126 Å². The summed E-state index contributed by atoms with van der Waals surface area (Å²) in [5, 5.41) is 12.8. The Morgan fingerprint density at radius 3 is 2.55 bits per heavy atom. The molecule has 1 atom stereocenters. The molecule has 0 aliphatic rings. The van der Waals surface area contributed by atoms with Crippen LogP contribution in [0.25, 0.3) is 10.9 Å². The van der Waals surface area contributed by atoms with Crippen LogP contribution in [0.2, 0.25) is 0 Å². The zero-order valence-electron chi connectivity index (χ0n) is 11.6. The van der Waals surface area contributed by atoms with Crippen molar-refractivity contribution in [1.29, 1.82) is 0 Å². The molecular formula is C17H14N2O3. The monoisotopic (exact) mass is 294 g/mol. The molecular weight excluding hydrogens is 280 g/mol. The molecule has 0 saturated carbocycles. The van der Waals surface area contributed by atoms with Crippen molar-refractivity contribution < 1.29 is 14.7 Å². The van der Waals surface area contributed by atoms with Crippen molar-refractivity contribution in [3.8, 4) is 0 Å². The van der Waals surface area contributed by atoms with Gasteiger partial charge in [-0.1, -0.05) is 30.3 Å². The third-order valence-electron chi connectivity index (χ3n) is 3.47. The van der Waals surface area contributed by atoms with Gasteiger partial charge in [0.1, 0.15) is 0 Å². The Morgan fingerprint density at radius 2 is 1.82 bits per heavy atom. The van der Waals surface area contributed by atoms with E-state index in [1.165, 1.54) is 0 Å². The van der Waals surface area contributed by atoms with Crippen LogP contribution in [-0.2, 0) is 4.79 Å². The number of carboxylic acid groups (broad SMARTS) is 1. The van der Waals surface area contributed by atoms with E-state index in [0.717, 1.165) is 10.9 Å². The standard InChI is InChI=1S/C17H14N2O3/c20-16(13-6-7-14-12(10-13)8-9-18-14)19-15(17(21)22)11-4-2-1-3-5-11/h1-10,15,18H,(H,19,20)(H,21,22). The Morgan fingerprint density at radius 1 is 1.05 bits per heavy atom.